The van der Waals surface area contributed by atoms with Crippen LogP contribution in [0.5, 0.6) is 0 Å². The van der Waals surface area contributed by atoms with E-state index in [1.165, 1.54) is 11.3 Å². The number of carbonyl (C=O) groups is 2. The molecule has 2 amide bonds. The maximum absolute atomic E-state index is 12.4. The van der Waals surface area contributed by atoms with Crippen LogP contribution in [0.3, 0.4) is 0 Å². The summed E-state index contributed by atoms with van der Waals surface area (Å²) in [7, 11) is 0. The molecule has 28 heavy (non-hydrogen) atoms. The molecule has 2 heterocycles. The van der Waals surface area contributed by atoms with E-state index in [9.17, 15) is 9.59 Å². The Hall–Kier alpha value is -2.71. The van der Waals surface area contributed by atoms with Crippen LogP contribution in [-0.4, -0.2) is 52.3 Å². The van der Waals surface area contributed by atoms with Crippen molar-refractivity contribution in [2.24, 2.45) is 0 Å². The predicted octanol–water partition coefficient (Wildman–Crippen LogP) is 3.03. The van der Waals surface area contributed by atoms with Crippen molar-refractivity contribution in [1.82, 2.24) is 19.6 Å². The second-order valence-electron chi connectivity index (χ2n) is 6.47. The molecule has 0 radical (unpaired) electrons. The number of benzene rings is 1. The third kappa shape index (κ3) is 4.76. The average molecular weight is 400 g/mol. The molecule has 8 heteroatoms. The monoisotopic (exact) mass is 399 g/mol. The average Bonchev–Trinajstić information content (AvgIpc) is 3.23. The first-order chi connectivity index (χ1) is 13.5. The van der Waals surface area contributed by atoms with Crippen LogP contribution in [0.15, 0.2) is 36.7 Å². The number of hydrogen-bond donors (Lipinski definition) is 2. The van der Waals surface area contributed by atoms with Crippen LogP contribution in [0.4, 0.5) is 5.69 Å². The first-order valence-corrected chi connectivity index (χ1v) is 10.2. The number of aryl methyl sites for hydroxylation is 1. The molecule has 2 N–H and O–H groups in total. The Kier molecular flexibility index (Phi) is 6.43. The summed E-state index contributed by atoms with van der Waals surface area (Å²) in [6.45, 7) is 9.58. The Morgan fingerprint density at radius 3 is 2.46 bits per heavy atom. The Balaban J connectivity index is 1.55. The first-order valence-electron chi connectivity index (χ1n) is 9.37. The number of imidazole rings is 1. The first kappa shape index (κ1) is 20.0. The van der Waals surface area contributed by atoms with Crippen molar-refractivity contribution in [3.8, 4) is 0 Å². The Labute approximate surface area is 168 Å². The predicted molar refractivity (Wildman–Crippen MR) is 112 cm³/mol. The molecule has 1 aromatic carbocycles. The Bertz CT molecular complexity index is 925. The van der Waals surface area contributed by atoms with E-state index >= 15 is 0 Å². The highest BCUT2D eigenvalue weighted by atomic mass is 32.1. The second-order valence-corrected chi connectivity index (χ2v) is 7.69. The van der Waals surface area contributed by atoms with Crippen molar-refractivity contribution in [2.45, 2.75) is 20.8 Å². The van der Waals surface area contributed by atoms with E-state index in [1.807, 2.05) is 17.5 Å². The minimum absolute atomic E-state index is 0.116. The van der Waals surface area contributed by atoms with Crippen LogP contribution >= 0.6 is 11.3 Å². The van der Waals surface area contributed by atoms with Gasteiger partial charge in [-0.2, -0.15) is 0 Å². The standard InChI is InChI=1S/C20H25N5O2S/c1-4-24(5-2)11-10-21-18(26)15-6-8-16(9-7-15)22-19(27)17-13-25-12-14(3)28-20(25)23-17/h6-9,12-13H,4-5,10-11H2,1-3H3,(H,21,26)(H,22,27). The molecule has 0 aliphatic rings. The minimum Gasteiger partial charge on any atom is -0.351 e. The SMILES string of the molecule is CCN(CC)CCNC(=O)c1ccc(NC(=O)c2cn3cc(C)sc3n2)cc1. The van der Waals surface area contributed by atoms with Crippen LogP contribution in [-0.2, 0) is 0 Å². The summed E-state index contributed by atoms with van der Waals surface area (Å²) >= 11 is 1.54. The van der Waals surface area contributed by atoms with Gasteiger partial charge in [-0.1, -0.05) is 13.8 Å². The number of nitrogens with one attached hydrogen (secondary N) is 2. The number of anilines is 1. The molecule has 7 nitrogen and oxygen atoms in total. The van der Waals surface area contributed by atoms with Crippen molar-refractivity contribution in [3.05, 3.63) is 52.8 Å². The summed E-state index contributed by atoms with van der Waals surface area (Å²) in [5, 5.41) is 5.74. The van der Waals surface area contributed by atoms with E-state index in [1.54, 1.807) is 30.5 Å². The summed E-state index contributed by atoms with van der Waals surface area (Å²) in [5.74, 6) is -0.389. The van der Waals surface area contributed by atoms with E-state index in [2.05, 4.69) is 34.4 Å². The van der Waals surface area contributed by atoms with Gasteiger partial charge in [0, 0.05) is 41.6 Å². The maximum Gasteiger partial charge on any atom is 0.275 e. The van der Waals surface area contributed by atoms with Crippen molar-refractivity contribution >= 4 is 33.8 Å². The van der Waals surface area contributed by atoms with E-state index in [0.717, 1.165) is 29.5 Å². The lowest BCUT2D eigenvalue weighted by Gasteiger charge is -2.17. The summed E-state index contributed by atoms with van der Waals surface area (Å²) < 4.78 is 1.85. The zero-order valence-electron chi connectivity index (χ0n) is 16.4. The van der Waals surface area contributed by atoms with Gasteiger partial charge in [0.1, 0.15) is 5.69 Å². The lowest BCUT2D eigenvalue weighted by molar-refractivity contribution is 0.0948. The van der Waals surface area contributed by atoms with Crippen LogP contribution in [0.2, 0.25) is 0 Å². The van der Waals surface area contributed by atoms with Gasteiger partial charge in [0.25, 0.3) is 11.8 Å². The van der Waals surface area contributed by atoms with Gasteiger partial charge < -0.3 is 15.5 Å². The molecule has 0 unspecified atom stereocenters. The number of nitrogens with zero attached hydrogens (tertiary/aromatic N) is 3. The highest BCUT2D eigenvalue weighted by Crippen LogP contribution is 2.17. The number of carbonyl (C=O) groups excluding carboxylic acids is 2. The summed E-state index contributed by atoms with van der Waals surface area (Å²) in [6.07, 6.45) is 3.66. The largest absolute Gasteiger partial charge is 0.351 e. The third-order valence-electron chi connectivity index (χ3n) is 4.52. The number of hydrogen-bond acceptors (Lipinski definition) is 5. The van der Waals surface area contributed by atoms with E-state index in [-0.39, 0.29) is 11.8 Å². The van der Waals surface area contributed by atoms with Gasteiger partial charge in [0.05, 0.1) is 0 Å². The van der Waals surface area contributed by atoms with E-state index < -0.39 is 0 Å². The fourth-order valence-electron chi connectivity index (χ4n) is 2.89. The van der Waals surface area contributed by atoms with E-state index in [0.29, 0.717) is 23.5 Å². The molecule has 0 saturated carbocycles. The molecule has 0 fully saturated rings. The molecule has 0 atom stereocenters. The number of fused-ring (bicyclic) bond motifs is 1. The molecule has 0 saturated heterocycles. The Morgan fingerprint density at radius 1 is 1.11 bits per heavy atom. The number of aromatic nitrogens is 2. The van der Waals surface area contributed by atoms with Crippen molar-refractivity contribution in [1.29, 1.82) is 0 Å². The van der Waals surface area contributed by atoms with E-state index in [4.69, 9.17) is 0 Å². The molecular weight excluding hydrogens is 374 g/mol. The van der Waals surface area contributed by atoms with Crippen LogP contribution < -0.4 is 10.6 Å². The van der Waals surface area contributed by atoms with Gasteiger partial charge in [0.2, 0.25) is 0 Å². The van der Waals surface area contributed by atoms with Gasteiger partial charge in [-0.15, -0.1) is 11.3 Å². The molecule has 2 aromatic heterocycles. The third-order valence-corrected chi connectivity index (χ3v) is 5.43. The lowest BCUT2D eigenvalue weighted by Crippen LogP contribution is -2.34. The van der Waals surface area contributed by atoms with Crippen molar-refractivity contribution < 1.29 is 9.59 Å². The molecule has 0 spiro atoms. The summed E-state index contributed by atoms with van der Waals surface area (Å²) in [6, 6.07) is 6.86. The molecule has 0 aliphatic carbocycles. The second kappa shape index (κ2) is 8.99. The van der Waals surface area contributed by atoms with Crippen LogP contribution in [0.25, 0.3) is 4.96 Å². The molecular formula is C20H25N5O2S. The Morgan fingerprint density at radius 2 is 1.82 bits per heavy atom. The van der Waals surface area contributed by atoms with Gasteiger partial charge in [-0.3, -0.25) is 14.0 Å². The summed E-state index contributed by atoms with van der Waals surface area (Å²) in [4.78, 5) is 33.1. The lowest BCUT2D eigenvalue weighted by atomic mass is 10.2. The van der Waals surface area contributed by atoms with Gasteiger partial charge in [-0.25, -0.2) is 4.98 Å². The van der Waals surface area contributed by atoms with Gasteiger partial charge in [-0.05, 0) is 44.3 Å². The highest BCUT2D eigenvalue weighted by Gasteiger charge is 2.13. The maximum atomic E-state index is 12.4. The smallest absolute Gasteiger partial charge is 0.275 e. The highest BCUT2D eigenvalue weighted by molar-refractivity contribution is 7.17. The van der Waals surface area contributed by atoms with Crippen LogP contribution in [0, 0.1) is 6.92 Å². The van der Waals surface area contributed by atoms with Crippen LogP contribution in [0.1, 0.15) is 39.6 Å². The van der Waals surface area contributed by atoms with Gasteiger partial charge >= 0.3 is 0 Å². The number of thiazole rings is 1. The number of likely N-dealkylation sites (N-methyl/N-ethyl adjacent to an activating group) is 1. The normalized spacial score (nSPS) is 11.1. The number of amides is 2. The topological polar surface area (TPSA) is 78.7 Å². The molecule has 0 bridgehead atoms. The molecule has 148 valence electrons. The fourth-order valence-corrected chi connectivity index (χ4v) is 3.70. The molecule has 0 aliphatic heterocycles. The minimum atomic E-state index is -0.273. The van der Waals surface area contributed by atoms with Crippen molar-refractivity contribution in [3.63, 3.8) is 0 Å². The zero-order chi connectivity index (χ0) is 20.1. The fraction of sp³-hybridized carbons (Fsp3) is 0.350. The quantitative estimate of drug-likeness (QED) is 0.610. The zero-order valence-corrected chi connectivity index (χ0v) is 17.2. The van der Waals surface area contributed by atoms with Crippen molar-refractivity contribution in [2.75, 3.05) is 31.5 Å². The van der Waals surface area contributed by atoms with Gasteiger partial charge in [0.15, 0.2) is 4.96 Å². The molecule has 3 rings (SSSR count). The number of rotatable bonds is 8. The molecule has 3 aromatic rings. The summed E-state index contributed by atoms with van der Waals surface area (Å²) in [5.41, 5.74) is 1.55.